The zero-order valence-electron chi connectivity index (χ0n) is 12.2. The summed E-state index contributed by atoms with van der Waals surface area (Å²) >= 11 is 3.50. The smallest absolute Gasteiger partial charge is 0.134 e. The molecule has 0 unspecified atom stereocenters. The molecule has 19 heavy (non-hydrogen) atoms. The highest BCUT2D eigenvalue weighted by molar-refractivity contribution is 9.10. The van der Waals surface area contributed by atoms with E-state index in [1.807, 2.05) is 6.07 Å². The van der Waals surface area contributed by atoms with E-state index in [0.29, 0.717) is 5.92 Å². The molecule has 1 saturated carbocycles. The van der Waals surface area contributed by atoms with Crippen LogP contribution >= 0.6 is 15.9 Å². The molecule has 1 fully saturated rings. The lowest BCUT2D eigenvalue weighted by Gasteiger charge is -2.28. The third-order valence-corrected chi connectivity index (χ3v) is 4.27. The maximum absolute atomic E-state index is 4.68. The average molecular weight is 326 g/mol. The van der Waals surface area contributed by atoms with E-state index >= 15 is 0 Å². The highest BCUT2D eigenvalue weighted by Gasteiger charge is 2.17. The summed E-state index contributed by atoms with van der Waals surface area (Å²) in [6.45, 7) is 5.38. The predicted octanol–water partition coefficient (Wildman–Crippen LogP) is 4.38. The van der Waals surface area contributed by atoms with Gasteiger partial charge in [-0.1, -0.05) is 33.1 Å². The van der Waals surface area contributed by atoms with Gasteiger partial charge in [-0.25, -0.2) is 9.97 Å². The molecule has 1 heterocycles. The van der Waals surface area contributed by atoms with Crippen molar-refractivity contribution in [2.24, 2.45) is 5.92 Å². The first-order chi connectivity index (χ1) is 9.06. The Hall–Kier alpha value is -0.640. The molecule has 1 aromatic rings. The molecule has 0 atom stereocenters. The minimum Gasteiger partial charge on any atom is -0.359 e. The van der Waals surface area contributed by atoms with Crippen LogP contribution in [0.25, 0.3) is 0 Å². The van der Waals surface area contributed by atoms with E-state index in [1.54, 1.807) is 0 Å². The van der Waals surface area contributed by atoms with E-state index < -0.39 is 0 Å². The van der Waals surface area contributed by atoms with Crippen LogP contribution in [-0.2, 0) is 0 Å². The van der Waals surface area contributed by atoms with Crippen molar-refractivity contribution in [3.63, 3.8) is 0 Å². The number of aromatic nitrogens is 2. The minimum atomic E-state index is 0.360. The van der Waals surface area contributed by atoms with Crippen molar-refractivity contribution in [1.82, 2.24) is 9.97 Å². The fourth-order valence-electron chi connectivity index (χ4n) is 2.73. The standard InChI is InChI=1S/C15H24BrN3/c1-11(2)15-17-13(16)9-14(18-15)19(3)10-12-7-5-4-6-8-12/h9,11-12H,4-8,10H2,1-3H3. The van der Waals surface area contributed by atoms with Crippen LogP contribution in [0.4, 0.5) is 5.82 Å². The second kappa shape index (κ2) is 6.69. The monoisotopic (exact) mass is 325 g/mol. The molecule has 3 nitrogen and oxygen atoms in total. The van der Waals surface area contributed by atoms with Gasteiger partial charge in [0.25, 0.3) is 0 Å². The molecule has 0 radical (unpaired) electrons. The van der Waals surface area contributed by atoms with Gasteiger partial charge in [-0.3, -0.25) is 0 Å². The molecule has 0 saturated heterocycles. The fraction of sp³-hybridized carbons (Fsp3) is 0.733. The van der Waals surface area contributed by atoms with Crippen LogP contribution in [0.5, 0.6) is 0 Å². The van der Waals surface area contributed by atoms with Gasteiger partial charge in [0.15, 0.2) is 0 Å². The molecule has 4 heteroatoms. The maximum atomic E-state index is 4.68. The number of hydrogen-bond acceptors (Lipinski definition) is 3. The summed E-state index contributed by atoms with van der Waals surface area (Å²) in [5, 5.41) is 0. The molecule has 0 aliphatic heterocycles. The Morgan fingerprint density at radius 1 is 1.26 bits per heavy atom. The summed E-state index contributed by atoms with van der Waals surface area (Å²) in [5.74, 6) is 3.14. The zero-order valence-corrected chi connectivity index (χ0v) is 13.8. The first kappa shape index (κ1) is 14.8. The molecule has 0 aromatic carbocycles. The Labute approximate surface area is 125 Å². The van der Waals surface area contributed by atoms with Crippen molar-refractivity contribution >= 4 is 21.7 Å². The number of anilines is 1. The fourth-order valence-corrected chi connectivity index (χ4v) is 3.11. The van der Waals surface area contributed by atoms with Crippen LogP contribution < -0.4 is 4.90 Å². The minimum absolute atomic E-state index is 0.360. The molecule has 2 rings (SSSR count). The van der Waals surface area contributed by atoms with Crippen LogP contribution in [0.3, 0.4) is 0 Å². The van der Waals surface area contributed by atoms with Gasteiger partial charge in [-0.05, 0) is 34.7 Å². The summed E-state index contributed by atoms with van der Waals surface area (Å²) in [7, 11) is 2.15. The molecular weight excluding hydrogens is 302 g/mol. The van der Waals surface area contributed by atoms with Crippen LogP contribution in [0, 0.1) is 5.92 Å². The number of rotatable bonds is 4. The molecule has 0 amide bonds. The van der Waals surface area contributed by atoms with E-state index in [9.17, 15) is 0 Å². The van der Waals surface area contributed by atoms with Gasteiger partial charge < -0.3 is 4.90 Å². The number of halogens is 1. The van der Waals surface area contributed by atoms with Crippen LogP contribution in [0.15, 0.2) is 10.7 Å². The van der Waals surface area contributed by atoms with Gasteiger partial charge >= 0.3 is 0 Å². The Morgan fingerprint density at radius 2 is 1.95 bits per heavy atom. The second-order valence-electron chi connectivity index (χ2n) is 5.95. The molecule has 1 aromatic heterocycles. The van der Waals surface area contributed by atoms with Crippen molar-refractivity contribution in [2.75, 3.05) is 18.5 Å². The summed E-state index contributed by atoms with van der Waals surface area (Å²) in [6.07, 6.45) is 6.93. The van der Waals surface area contributed by atoms with E-state index in [0.717, 1.165) is 28.7 Å². The third-order valence-electron chi connectivity index (χ3n) is 3.86. The van der Waals surface area contributed by atoms with Gasteiger partial charge in [0, 0.05) is 25.6 Å². The summed E-state index contributed by atoms with van der Waals surface area (Å²) in [5.41, 5.74) is 0. The molecule has 1 aliphatic carbocycles. The Balaban J connectivity index is 2.07. The summed E-state index contributed by atoms with van der Waals surface area (Å²) in [6, 6.07) is 2.02. The van der Waals surface area contributed by atoms with E-state index in [-0.39, 0.29) is 0 Å². The van der Waals surface area contributed by atoms with Crippen LogP contribution in [0.1, 0.15) is 57.7 Å². The van der Waals surface area contributed by atoms with Crippen molar-refractivity contribution in [3.8, 4) is 0 Å². The lowest BCUT2D eigenvalue weighted by molar-refractivity contribution is 0.361. The first-order valence-electron chi connectivity index (χ1n) is 7.32. The Bertz CT molecular complexity index is 414. The second-order valence-corrected chi connectivity index (χ2v) is 6.76. The topological polar surface area (TPSA) is 29.0 Å². The normalized spacial score (nSPS) is 16.9. The van der Waals surface area contributed by atoms with E-state index in [1.165, 1.54) is 32.1 Å². The largest absolute Gasteiger partial charge is 0.359 e. The number of hydrogen-bond donors (Lipinski definition) is 0. The maximum Gasteiger partial charge on any atom is 0.134 e. The Kier molecular flexibility index (Phi) is 5.20. The molecule has 0 N–H and O–H groups in total. The van der Waals surface area contributed by atoms with Crippen molar-refractivity contribution in [2.45, 2.75) is 51.9 Å². The SMILES string of the molecule is CC(C)c1nc(Br)cc(N(C)CC2CCCCC2)n1. The van der Waals surface area contributed by atoms with Gasteiger partial charge in [-0.15, -0.1) is 0 Å². The van der Waals surface area contributed by atoms with Crippen molar-refractivity contribution < 1.29 is 0 Å². The van der Waals surface area contributed by atoms with Crippen molar-refractivity contribution in [3.05, 3.63) is 16.5 Å². The molecule has 0 bridgehead atoms. The predicted molar refractivity (Wildman–Crippen MR) is 83.7 cm³/mol. The first-order valence-corrected chi connectivity index (χ1v) is 8.11. The molecule has 106 valence electrons. The van der Waals surface area contributed by atoms with Gasteiger partial charge in [-0.2, -0.15) is 0 Å². The molecular formula is C15H24BrN3. The molecule has 1 aliphatic rings. The lowest BCUT2D eigenvalue weighted by atomic mass is 9.89. The van der Waals surface area contributed by atoms with Gasteiger partial charge in [0.05, 0.1) is 0 Å². The van der Waals surface area contributed by atoms with Crippen LogP contribution in [-0.4, -0.2) is 23.6 Å². The number of nitrogens with zero attached hydrogens (tertiary/aromatic N) is 3. The quantitative estimate of drug-likeness (QED) is 0.769. The van der Waals surface area contributed by atoms with Crippen molar-refractivity contribution in [1.29, 1.82) is 0 Å². The zero-order chi connectivity index (χ0) is 13.8. The third kappa shape index (κ3) is 4.16. The van der Waals surface area contributed by atoms with E-state index in [2.05, 4.69) is 51.7 Å². The molecule has 0 spiro atoms. The van der Waals surface area contributed by atoms with E-state index in [4.69, 9.17) is 0 Å². The lowest BCUT2D eigenvalue weighted by Crippen LogP contribution is -2.27. The van der Waals surface area contributed by atoms with Gasteiger partial charge in [0.1, 0.15) is 16.2 Å². The van der Waals surface area contributed by atoms with Crippen LogP contribution in [0.2, 0.25) is 0 Å². The Morgan fingerprint density at radius 3 is 2.58 bits per heavy atom. The average Bonchev–Trinajstić information content (AvgIpc) is 2.39. The highest BCUT2D eigenvalue weighted by Crippen LogP contribution is 2.26. The highest BCUT2D eigenvalue weighted by atomic mass is 79.9. The summed E-state index contributed by atoms with van der Waals surface area (Å²) in [4.78, 5) is 11.4. The summed E-state index contributed by atoms with van der Waals surface area (Å²) < 4.78 is 0.886. The van der Waals surface area contributed by atoms with Gasteiger partial charge in [0.2, 0.25) is 0 Å².